The predicted octanol–water partition coefficient (Wildman–Crippen LogP) is 4.38. The van der Waals surface area contributed by atoms with Crippen molar-refractivity contribution in [2.75, 3.05) is 6.54 Å². The summed E-state index contributed by atoms with van der Waals surface area (Å²) < 4.78 is 0. The number of nitrogens with one attached hydrogen (secondary N) is 1. The molecule has 1 unspecified atom stereocenters. The van der Waals surface area contributed by atoms with Crippen LogP contribution in [0.25, 0.3) is 6.08 Å². The van der Waals surface area contributed by atoms with Crippen LogP contribution in [0.2, 0.25) is 0 Å². The molecule has 22 heavy (non-hydrogen) atoms. The van der Waals surface area contributed by atoms with E-state index in [-0.39, 0.29) is 29.1 Å². The summed E-state index contributed by atoms with van der Waals surface area (Å²) in [5.41, 5.74) is 1.97. The first-order valence-corrected chi connectivity index (χ1v) is 6.87. The van der Waals surface area contributed by atoms with Gasteiger partial charge in [-0.25, -0.2) is 0 Å². The average Bonchev–Trinajstić information content (AvgIpc) is 2.52. The smallest absolute Gasteiger partial charge is 0.276 e. The van der Waals surface area contributed by atoms with Crippen molar-refractivity contribution in [3.05, 3.63) is 81.9 Å². The van der Waals surface area contributed by atoms with Gasteiger partial charge in [0.05, 0.1) is 10.5 Å². The molecule has 4 nitrogen and oxygen atoms in total. The Morgan fingerprint density at radius 3 is 2.45 bits per heavy atom. The number of nitro benzene ring substituents is 1. The van der Waals surface area contributed by atoms with Crippen LogP contribution >= 0.6 is 12.4 Å². The Labute approximate surface area is 136 Å². The molecule has 5 heteroatoms. The minimum Gasteiger partial charge on any atom is -0.307 e. The third kappa shape index (κ3) is 4.98. The molecule has 1 N–H and O–H groups in total. The van der Waals surface area contributed by atoms with Crippen molar-refractivity contribution in [2.45, 2.75) is 13.0 Å². The summed E-state index contributed by atoms with van der Waals surface area (Å²) in [5, 5.41) is 14.3. The zero-order chi connectivity index (χ0) is 15.1. The maximum atomic E-state index is 10.9. The number of hydrogen-bond donors (Lipinski definition) is 1. The van der Waals surface area contributed by atoms with Crippen LogP contribution in [-0.4, -0.2) is 11.5 Å². The molecule has 0 radical (unpaired) electrons. The van der Waals surface area contributed by atoms with Gasteiger partial charge >= 0.3 is 0 Å². The van der Waals surface area contributed by atoms with Gasteiger partial charge in [0.1, 0.15) is 0 Å². The summed E-state index contributed by atoms with van der Waals surface area (Å²) in [6.45, 7) is 2.75. The average molecular weight is 319 g/mol. The van der Waals surface area contributed by atoms with E-state index < -0.39 is 0 Å². The van der Waals surface area contributed by atoms with E-state index >= 15 is 0 Å². The van der Waals surface area contributed by atoms with Crippen LogP contribution in [0, 0.1) is 10.1 Å². The van der Waals surface area contributed by atoms with Gasteiger partial charge in [-0.3, -0.25) is 10.1 Å². The highest BCUT2D eigenvalue weighted by Crippen LogP contribution is 2.18. The Balaban J connectivity index is 0.00000242. The summed E-state index contributed by atoms with van der Waals surface area (Å²) in [4.78, 5) is 10.5. The predicted molar refractivity (Wildman–Crippen MR) is 92.2 cm³/mol. The van der Waals surface area contributed by atoms with Crippen LogP contribution in [0.15, 0.2) is 60.7 Å². The van der Waals surface area contributed by atoms with Crippen molar-refractivity contribution in [3.63, 3.8) is 0 Å². The molecule has 0 aliphatic heterocycles. The van der Waals surface area contributed by atoms with Crippen LogP contribution in [0.1, 0.15) is 24.1 Å². The second kappa shape index (κ2) is 8.97. The van der Waals surface area contributed by atoms with E-state index in [2.05, 4.69) is 24.4 Å². The lowest BCUT2D eigenvalue weighted by atomic mass is 10.1. The van der Waals surface area contributed by atoms with Crippen molar-refractivity contribution in [1.82, 2.24) is 5.32 Å². The summed E-state index contributed by atoms with van der Waals surface area (Å²) in [6.07, 6.45) is 3.69. The van der Waals surface area contributed by atoms with Gasteiger partial charge in [0.2, 0.25) is 0 Å². The van der Waals surface area contributed by atoms with Gasteiger partial charge in [-0.2, -0.15) is 0 Å². The fourth-order valence-corrected chi connectivity index (χ4v) is 2.09. The highest BCUT2D eigenvalue weighted by molar-refractivity contribution is 5.85. The van der Waals surface area contributed by atoms with Gasteiger partial charge in [0.15, 0.2) is 0 Å². The first kappa shape index (κ1) is 17.9. The highest BCUT2D eigenvalue weighted by atomic mass is 35.5. The Hall–Kier alpha value is -2.17. The highest BCUT2D eigenvalue weighted by Gasteiger charge is 2.09. The van der Waals surface area contributed by atoms with Gasteiger partial charge in [-0.1, -0.05) is 54.6 Å². The number of nitro groups is 1. The van der Waals surface area contributed by atoms with E-state index in [0.29, 0.717) is 12.1 Å². The first-order chi connectivity index (χ1) is 10.2. The Bertz CT molecular complexity index is 630. The molecule has 0 saturated carbocycles. The lowest BCUT2D eigenvalue weighted by Crippen LogP contribution is -2.18. The van der Waals surface area contributed by atoms with E-state index in [0.717, 1.165) is 0 Å². The van der Waals surface area contributed by atoms with Gasteiger partial charge in [-0.05, 0) is 18.6 Å². The molecule has 0 fully saturated rings. The molecule has 0 heterocycles. The number of rotatable bonds is 6. The van der Waals surface area contributed by atoms with Gasteiger partial charge in [0, 0.05) is 18.7 Å². The summed E-state index contributed by atoms with van der Waals surface area (Å²) in [5.74, 6) is 0. The van der Waals surface area contributed by atoms with E-state index in [1.807, 2.05) is 24.3 Å². The third-order valence-electron chi connectivity index (χ3n) is 3.27. The maximum Gasteiger partial charge on any atom is 0.276 e. The molecule has 0 spiro atoms. The normalized spacial score (nSPS) is 11.9. The van der Waals surface area contributed by atoms with Crippen LogP contribution in [0.3, 0.4) is 0 Å². The zero-order valence-corrected chi connectivity index (χ0v) is 13.1. The molecule has 0 aliphatic rings. The molecule has 116 valence electrons. The molecule has 0 bridgehead atoms. The monoisotopic (exact) mass is 318 g/mol. The van der Waals surface area contributed by atoms with E-state index in [4.69, 9.17) is 0 Å². The quantitative estimate of drug-likeness (QED) is 0.635. The largest absolute Gasteiger partial charge is 0.307 e. The number of benzene rings is 2. The molecule has 0 saturated heterocycles. The minimum atomic E-state index is -0.361. The Kier molecular flexibility index (Phi) is 7.29. The summed E-state index contributed by atoms with van der Waals surface area (Å²) in [7, 11) is 0. The van der Waals surface area contributed by atoms with Crippen molar-refractivity contribution in [2.24, 2.45) is 0 Å². The fraction of sp³-hybridized carbons (Fsp3) is 0.176. The fourth-order valence-electron chi connectivity index (χ4n) is 2.09. The number of nitrogens with zero attached hydrogens (tertiary/aromatic N) is 1. The van der Waals surface area contributed by atoms with E-state index in [1.165, 1.54) is 11.6 Å². The molecular formula is C17H19ClN2O2. The molecule has 0 aliphatic carbocycles. The van der Waals surface area contributed by atoms with Crippen molar-refractivity contribution in [1.29, 1.82) is 0 Å². The Morgan fingerprint density at radius 2 is 1.77 bits per heavy atom. The maximum absolute atomic E-state index is 10.9. The number of para-hydroxylation sites is 1. The van der Waals surface area contributed by atoms with Gasteiger partial charge in [-0.15, -0.1) is 12.4 Å². The molecule has 0 amide bonds. The summed E-state index contributed by atoms with van der Waals surface area (Å²) in [6, 6.07) is 17.1. The first-order valence-electron chi connectivity index (χ1n) is 6.87. The van der Waals surface area contributed by atoms with Crippen LogP contribution in [-0.2, 0) is 0 Å². The summed E-state index contributed by atoms with van der Waals surface area (Å²) >= 11 is 0. The number of hydrogen-bond acceptors (Lipinski definition) is 3. The van der Waals surface area contributed by atoms with Crippen molar-refractivity contribution >= 4 is 24.2 Å². The standard InChI is InChI=1S/C17H18N2O2.ClH/c1-14(15-8-3-2-4-9-15)18-13-7-11-16-10-5-6-12-17(16)19(20)21;/h2-12,14,18H,13H2,1H3;1H/b11-7+;. The Morgan fingerprint density at radius 1 is 1.14 bits per heavy atom. The zero-order valence-electron chi connectivity index (χ0n) is 12.3. The second-order valence-corrected chi connectivity index (χ2v) is 4.76. The topological polar surface area (TPSA) is 55.2 Å². The van der Waals surface area contributed by atoms with Crippen LogP contribution in [0.5, 0.6) is 0 Å². The SMILES string of the molecule is CC(NC/C=C/c1ccccc1[N+](=O)[O-])c1ccccc1.Cl. The minimum absolute atomic E-state index is 0. The molecule has 2 rings (SSSR count). The van der Waals surface area contributed by atoms with Gasteiger partial charge < -0.3 is 5.32 Å². The molecule has 0 aromatic heterocycles. The van der Waals surface area contributed by atoms with Gasteiger partial charge in [0.25, 0.3) is 5.69 Å². The van der Waals surface area contributed by atoms with Crippen LogP contribution in [0.4, 0.5) is 5.69 Å². The van der Waals surface area contributed by atoms with E-state index in [1.54, 1.807) is 24.3 Å². The molecule has 2 aromatic rings. The van der Waals surface area contributed by atoms with Crippen molar-refractivity contribution < 1.29 is 4.92 Å². The van der Waals surface area contributed by atoms with E-state index in [9.17, 15) is 10.1 Å². The molecule has 2 aromatic carbocycles. The molecular weight excluding hydrogens is 300 g/mol. The second-order valence-electron chi connectivity index (χ2n) is 4.76. The lowest BCUT2D eigenvalue weighted by Gasteiger charge is -2.12. The van der Waals surface area contributed by atoms with Crippen molar-refractivity contribution in [3.8, 4) is 0 Å². The number of halogens is 1. The lowest BCUT2D eigenvalue weighted by molar-refractivity contribution is -0.385. The van der Waals surface area contributed by atoms with Crippen LogP contribution < -0.4 is 5.32 Å². The third-order valence-corrected chi connectivity index (χ3v) is 3.27. The molecule has 1 atom stereocenters.